The molecule has 0 aliphatic heterocycles. The maximum Gasteiger partial charge on any atom is 0.209 e. The molecule has 0 radical (unpaired) electrons. The van der Waals surface area contributed by atoms with Crippen molar-refractivity contribution in [2.75, 3.05) is 0 Å². The van der Waals surface area contributed by atoms with Gasteiger partial charge in [0, 0.05) is 6.04 Å². The molecule has 2 unspecified atom stereocenters. The molecule has 0 bridgehead atoms. The van der Waals surface area contributed by atoms with E-state index >= 15 is 0 Å². The van der Waals surface area contributed by atoms with Crippen LogP contribution in [0, 0.1) is 11.3 Å². The second kappa shape index (κ2) is 5.80. The highest BCUT2D eigenvalue weighted by atomic mass is 16.3. The molecule has 1 aliphatic rings. The van der Waals surface area contributed by atoms with Crippen molar-refractivity contribution in [2.24, 2.45) is 11.3 Å². The fourth-order valence-electron chi connectivity index (χ4n) is 3.63. The van der Waals surface area contributed by atoms with E-state index in [4.69, 9.17) is 4.42 Å². The quantitative estimate of drug-likeness (QED) is 0.901. The summed E-state index contributed by atoms with van der Waals surface area (Å²) in [7, 11) is 0. The highest BCUT2D eigenvalue weighted by molar-refractivity contribution is 5.72. The Bertz CT molecular complexity index is 564. The van der Waals surface area contributed by atoms with Gasteiger partial charge in [0.15, 0.2) is 5.58 Å². The molecule has 1 aromatic carbocycles. The molecule has 2 atom stereocenters. The molecule has 1 aromatic heterocycles. The number of nitrogens with zero attached hydrogens (tertiary/aromatic N) is 1. The van der Waals surface area contributed by atoms with Gasteiger partial charge in [0.05, 0.1) is 6.54 Å². The molecule has 2 aromatic rings. The molecule has 114 valence electrons. The second-order valence-corrected chi connectivity index (χ2v) is 7.32. The van der Waals surface area contributed by atoms with Crippen LogP contribution in [-0.4, -0.2) is 11.0 Å². The van der Waals surface area contributed by atoms with Crippen molar-refractivity contribution in [1.29, 1.82) is 0 Å². The summed E-state index contributed by atoms with van der Waals surface area (Å²) >= 11 is 0. The molecule has 0 amide bonds. The number of nitrogens with one attached hydrogen (secondary N) is 1. The summed E-state index contributed by atoms with van der Waals surface area (Å²) in [5.74, 6) is 1.53. The highest BCUT2D eigenvalue weighted by Gasteiger charge is 2.33. The third kappa shape index (κ3) is 3.29. The molecular formula is C18H26N2O. The molecule has 1 aliphatic carbocycles. The minimum absolute atomic E-state index is 0.361. The highest BCUT2D eigenvalue weighted by Crippen LogP contribution is 2.38. The van der Waals surface area contributed by atoms with E-state index in [2.05, 4.69) is 31.1 Å². The van der Waals surface area contributed by atoms with Crippen LogP contribution in [0.1, 0.15) is 52.3 Å². The van der Waals surface area contributed by atoms with E-state index in [-0.39, 0.29) is 0 Å². The monoisotopic (exact) mass is 286 g/mol. The number of hydrogen-bond donors (Lipinski definition) is 1. The molecule has 0 spiro atoms. The van der Waals surface area contributed by atoms with Crippen molar-refractivity contribution < 1.29 is 4.42 Å². The minimum Gasteiger partial charge on any atom is -0.439 e. The van der Waals surface area contributed by atoms with Crippen LogP contribution in [0.2, 0.25) is 0 Å². The first-order chi connectivity index (χ1) is 10.0. The van der Waals surface area contributed by atoms with Gasteiger partial charge in [-0.3, -0.25) is 0 Å². The summed E-state index contributed by atoms with van der Waals surface area (Å²) in [6.45, 7) is 7.80. The lowest BCUT2D eigenvalue weighted by Gasteiger charge is -2.40. The third-order valence-electron chi connectivity index (χ3n) is 4.73. The Morgan fingerprint density at radius 1 is 1.19 bits per heavy atom. The molecule has 1 fully saturated rings. The predicted octanol–water partition coefficient (Wildman–Crippen LogP) is 4.52. The third-order valence-corrected chi connectivity index (χ3v) is 4.73. The van der Waals surface area contributed by atoms with Crippen molar-refractivity contribution in [3.63, 3.8) is 0 Å². The van der Waals surface area contributed by atoms with E-state index in [0.717, 1.165) is 29.5 Å². The number of aromatic nitrogens is 1. The van der Waals surface area contributed by atoms with Gasteiger partial charge >= 0.3 is 0 Å². The van der Waals surface area contributed by atoms with Gasteiger partial charge in [-0.25, -0.2) is 4.98 Å². The van der Waals surface area contributed by atoms with Crippen molar-refractivity contribution >= 4 is 11.1 Å². The minimum atomic E-state index is 0.361. The normalized spacial score (nSPS) is 23.6. The topological polar surface area (TPSA) is 38.1 Å². The summed E-state index contributed by atoms with van der Waals surface area (Å²) in [6, 6.07) is 8.54. The van der Waals surface area contributed by atoms with Crippen LogP contribution in [0.4, 0.5) is 0 Å². The van der Waals surface area contributed by atoms with Crippen LogP contribution in [0.3, 0.4) is 0 Å². The lowest BCUT2D eigenvalue weighted by atomic mass is 9.69. The van der Waals surface area contributed by atoms with Gasteiger partial charge in [0.25, 0.3) is 0 Å². The van der Waals surface area contributed by atoms with E-state index < -0.39 is 0 Å². The molecule has 3 heteroatoms. The van der Waals surface area contributed by atoms with E-state index in [9.17, 15) is 0 Å². The Labute approximate surface area is 127 Å². The van der Waals surface area contributed by atoms with Gasteiger partial charge in [-0.2, -0.15) is 0 Å². The van der Waals surface area contributed by atoms with Gasteiger partial charge in [-0.1, -0.05) is 45.7 Å². The molecule has 0 saturated heterocycles. The van der Waals surface area contributed by atoms with Crippen LogP contribution < -0.4 is 5.32 Å². The molecule has 21 heavy (non-hydrogen) atoms. The average Bonchev–Trinajstić information content (AvgIpc) is 2.87. The van der Waals surface area contributed by atoms with Crippen molar-refractivity contribution in [1.82, 2.24) is 10.3 Å². The maximum absolute atomic E-state index is 5.81. The zero-order valence-corrected chi connectivity index (χ0v) is 13.4. The average molecular weight is 286 g/mol. The lowest BCUT2D eigenvalue weighted by molar-refractivity contribution is 0.128. The van der Waals surface area contributed by atoms with E-state index in [0.29, 0.717) is 11.5 Å². The fraction of sp³-hybridized carbons (Fsp3) is 0.611. The number of oxazole rings is 1. The molecule has 3 nitrogen and oxygen atoms in total. The Morgan fingerprint density at radius 2 is 1.95 bits per heavy atom. The number of fused-ring (bicyclic) bond motifs is 1. The number of hydrogen-bond acceptors (Lipinski definition) is 3. The van der Waals surface area contributed by atoms with Gasteiger partial charge in [0.2, 0.25) is 5.89 Å². The van der Waals surface area contributed by atoms with Crippen molar-refractivity contribution in [3.05, 3.63) is 30.2 Å². The van der Waals surface area contributed by atoms with Crippen molar-refractivity contribution in [3.8, 4) is 0 Å². The molecule has 3 rings (SSSR count). The summed E-state index contributed by atoms with van der Waals surface area (Å²) < 4.78 is 5.81. The summed E-state index contributed by atoms with van der Waals surface area (Å²) in [6.07, 6.45) is 5.29. The first-order valence-electron chi connectivity index (χ1n) is 8.12. The second-order valence-electron chi connectivity index (χ2n) is 7.32. The van der Waals surface area contributed by atoms with Crippen LogP contribution >= 0.6 is 0 Å². The first-order valence-corrected chi connectivity index (χ1v) is 8.12. The van der Waals surface area contributed by atoms with Crippen molar-refractivity contribution in [2.45, 2.75) is 59.0 Å². The predicted molar refractivity (Wildman–Crippen MR) is 86.0 cm³/mol. The Kier molecular flexibility index (Phi) is 4.03. The lowest BCUT2D eigenvalue weighted by Crippen LogP contribution is -2.43. The maximum atomic E-state index is 5.81. The first kappa shape index (κ1) is 14.6. The van der Waals surface area contributed by atoms with E-state index in [1.807, 2.05) is 24.3 Å². The van der Waals surface area contributed by atoms with Crippen LogP contribution in [-0.2, 0) is 6.54 Å². The smallest absolute Gasteiger partial charge is 0.209 e. The Balaban J connectivity index is 1.68. The molecule has 1 saturated carbocycles. The van der Waals surface area contributed by atoms with E-state index in [1.54, 1.807) is 0 Å². The standard InChI is InChI=1S/C18H26N2O/c1-18(2,3)13-8-4-5-9-14(13)19-12-17-20-15-10-6-7-11-16(15)21-17/h6-7,10-11,13-14,19H,4-5,8-9,12H2,1-3H3. The summed E-state index contributed by atoms with van der Waals surface area (Å²) in [5, 5.41) is 3.70. The Morgan fingerprint density at radius 3 is 2.71 bits per heavy atom. The van der Waals surface area contributed by atoms with Gasteiger partial charge in [-0.05, 0) is 36.3 Å². The van der Waals surface area contributed by atoms with Gasteiger partial charge in [-0.15, -0.1) is 0 Å². The molecular weight excluding hydrogens is 260 g/mol. The molecule has 1 N–H and O–H groups in total. The zero-order valence-electron chi connectivity index (χ0n) is 13.4. The number of para-hydroxylation sites is 2. The number of benzene rings is 1. The van der Waals surface area contributed by atoms with Crippen LogP contribution in [0.25, 0.3) is 11.1 Å². The largest absolute Gasteiger partial charge is 0.439 e. The molecule has 1 heterocycles. The summed E-state index contributed by atoms with van der Waals surface area (Å²) in [4.78, 5) is 4.56. The summed E-state index contributed by atoms with van der Waals surface area (Å²) in [5.41, 5.74) is 2.19. The van der Waals surface area contributed by atoms with Gasteiger partial charge in [0.1, 0.15) is 5.52 Å². The Hall–Kier alpha value is -1.35. The van der Waals surface area contributed by atoms with Gasteiger partial charge < -0.3 is 9.73 Å². The number of rotatable bonds is 3. The van der Waals surface area contributed by atoms with Crippen LogP contribution in [0.5, 0.6) is 0 Å². The van der Waals surface area contributed by atoms with E-state index in [1.165, 1.54) is 25.7 Å². The van der Waals surface area contributed by atoms with Crippen LogP contribution in [0.15, 0.2) is 28.7 Å². The fourth-order valence-corrected chi connectivity index (χ4v) is 3.63. The SMILES string of the molecule is CC(C)(C)C1CCCCC1NCc1nc2ccccc2o1. The zero-order chi connectivity index (χ0) is 14.9.